The lowest BCUT2D eigenvalue weighted by Gasteiger charge is -2.44. The number of unbranched alkanes of at least 4 members (excludes halogenated alkanes) is 13. The van der Waals surface area contributed by atoms with Crippen molar-refractivity contribution in [3.05, 3.63) is 108 Å². The van der Waals surface area contributed by atoms with Crippen LogP contribution in [0.25, 0.3) is 0 Å². The third-order valence-corrected chi connectivity index (χ3v) is 12.8. The minimum Gasteiger partial charge on any atom is -0.463 e. The van der Waals surface area contributed by atoms with E-state index in [1.807, 2.05) is 38.1 Å². The van der Waals surface area contributed by atoms with E-state index in [-0.39, 0.29) is 37.4 Å². The van der Waals surface area contributed by atoms with Gasteiger partial charge >= 0.3 is 23.9 Å². The number of aryl methyl sites for hydroxylation is 1. The molecule has 0 radical (unpaired) electrons. The Balaban J connectivity index is 1.61. The first-order valence-corrected chi connectivity index (χ1v) is 25.4. The second-order valence-electron chi connectivity index (χ2n) is 18.4. The van der Waals surface area contributed by atoms with E-state index in [4.69, 9.17) is 28.4 Å². The van der Waals surface area contributed by atoms with E-state index in [1.165, 1.54) is 70.8 Å². The lowest BCUT2D eigenvalue weighted by Crippen LogP contribution is -2.57. The zero-order chi connectivity index (χ0) is 48.9. The zero-order valence-electron chi connectivity index (χ0n) is 41.4. The Kier molecular flexibility index (Phi) is 26.0. The van der Waals surface area contributed by atoms with Crippen LogP contribution in [0.1, 0.15) is 170 Å². The second-order valence-corrected chi connectivity index (χ2v) is 18.4. The standard InChI is InChI=1S/C56H79NO11/c1-6-7-8-9-10-11-12-13-14-15-16-28-37-49(66-54(61)46-33-24-19-25-34-46)53(68-55(62)47-35-26-20-27-36-47)48(57-51(60)38-29-18-23-32-45-30-21-17-22-31-45)39-64-56-42(3)41(2)52(65-44(5)59)50(67-56)40-63-43(4)58/h17,19-22,24-27,30-31,33-36,41-42,48-50,52-53,56H,6-16,18,23,28-29,32,37-40H2,1-5H3,(H,57,60)/t41?,42?,48-,49+,50?,52?,53-,56?/m0/s1. The molecule has 374 valence electrons. The number of hydrogen-bond donors (Lipinski definition) is 1. The molecule has 3 aromatic carbocycles. The molecule has 4 rings (SSSR count). The molecule has 8 atom stereocenters. The molecule has 0 bridgehead atoms. The smallest absolute Gasteiger partial charge is 0.338 e. The monoisotopic (exact) mass is 942 g/mol. The first kappa shape index (κ1) is 55.5. The maximum Gasteiger partial charge on any atom is 0.338 e. The highest BCUT2D eigenvalue weighted by molar-refractivity contribution is 5.90. The molecule has 1 fully saturated rings. The fourth-order valence-corrected chi connectivity index (χ4v) is 8.73. The summed E-state index contributed by atoms with van der Waals surface area (Å²) in [5, 5.41) is 3.15. The predicted octanol–water partition coefficient (Wildman–Crippen LogP) is 11.3. The minimum atomic E-state index is -1.19. The van der Waals surface area contributed by atoms with Gasteiger partial charge in [0.15, 0.2) is 12.4 Å². The SMILES string of the molecule is CCCCCCCCCCCCCC[C@@H](OC(=O)c1ccccc1)[C@@H](OC(=O)c1ccccc1)[C@H](COC1OC(COC(C)=O)C(OC(C)=O)C(C)C1C)NC(=O)CCCCCc1ccccc1. The first-order chi connectivity index (χ1) is 33.0. The molecule has 0 spiro atoms. The molecule has 0 saturated carbocycles. The summed E-state index contributed by atoms with van der Waals surface area (Å²) in [6.45, 7) is 8.27. The van der Waals surface area contributed by atoms with Crippen molar-refractivity contribution in [1.29, 1.82) is 0 Å². The predicted molar refractivity (Wildman–Crippen MR) is 263 cm³/mol. The summed E-state index contributed by atoms with van der Waals surface area (Å²) < 4.78 is 36.8. The molecule has 1 amide bonds. The second kappa shape index (κ2) is 31.9. The van der Waals surface area contributed by atoms with Crippen LogP contribution in [0.3, 0.4) is 0 Å². The highest BCUT2D eigenvalue weighted by atomic mass is 16.7. The van der Waals surface area contributed by atoms with Gasteiger partial charge in [-0.2, -0.15) is 0 Å². The summed E-state index contributed by atoms with van der Waals surface area (Å²) >= 11 is 0. The number of esters is 4. The molecule has 3 aromatic rings. The van der Waals surface area contributed by atoms with E-state index in [0.29, 0.717) is 30.4 Å². The largest absolute Gasteiger partial charge is 0.463 e. The topological polar surface area (TPSA) is 153 Å². The van der Waals surface area contributed by atoms with Crippen LogP contribution in [0.4, 0.5) is 0 Å². The van der Waals surface area contributed by atoms with Gasteiger partial charge in [0.2, 0.25) is 5.91 Å². The van der Waals surface area contributed by atoms with Crippen molar-refractivity contribution in [2.24, 2.45) is 11.8 Å². The molecule has 1 heterocycles. The molecule has 0 aliphatic carbocycles. The lowest BCUT2D eigenvalue weighted by molar-refractivity contribution is -0.276. The fraction of sp³-hybridized carbons (Fsp3) is 0.589. The Labute approximate surface area is 405 Å². The van der Waals surface area contributed by atoms with Gasteiger partial charge in [-0.05, 0) is 61.9 Å². The number of amides is 1. The van der Waals surface area contributed by atoms with Gasteiger partial charge in [0.05, 0.1) is 23.8 Å². The van der Waals surface area contributed by atoms with Gasteiger partial charge in [-0.25, -0.2) is 9.59 Å². The Hall–Kier alpha value is -5.07. The van der Waals surface area contributed by atoms with Crippen molar-refractivity contribution in [2.75, 3.05) is 13.2 Å². The number of nitrogens with one attached hydrogen (secondary N) is 1. The van der Waals surface area contributed by atoms with Crippen LogP contribution in [-0.4, -0.2) is 79.7 Å². The van der Waals surface area contributed by atoms with Crippen LogP contribution in [0, 0.1) is 11.8 Å². The van der Waals surface area contributed by atoms with Crippen molar-refractivity contribution in [3.8, 4) is 0 Å². The first-order valence-electron chi connectivity index (χ1n) is 25.4. The van der Waals surface area contributed by atoms with E-state index < -0.39 is 60.6 Å². The van der Waals surface area contributed by atoms with E-state index in [0.717, 1.165) is 38.5 Å². The molecule has 0 aromatic heterocycles. The van der Waals surface area contributed by atoms with Crippen molar-refractivity contribution in [1.82, 2.24) is 5.32 Å². The Morgan fingerprint density at radius 2 is 1.15 bits per heavy atom. The number of hydrogen-bond acceptors (Lipinski definition) is 11. The Bertz CT molecular complexity index is 1890. The van der Waals surface area contributed by atoms with Crippen LogP contribution in [0.5, 0.6) is 0 Å². The van der Waals surface area contributed by atoms with Crippen molar-refractivity contribution in [2.45, 2.75) is 187 Å². The maximum atomic E-state index is 14.1. The molecule has 1 saturated heterocycles. The quantitative estimate of drug-likeness (QED) is 0.0361. The van der Waals surface area contributed by atoms with Crippen LogP contribution in [0.15, 0.2) is 91.0 Å². The van der Waals surface area contributed by atoms with Crippen LogP contribution >= 0.6 is 0 Å². The summed E-state index contributed by atoms with van der Waals surface area (Å²) in [5.74, 6) is -3.15. The molecular formula is C56H79NO11. The van der Waals surface area contributed by atoms with E-state index >= 15 is 0 Å². The summed E-state index contributed by atoms with van der Waals surface area (Å²) in [4.78, 5) is 66.2. The molecule has 5 unspecified atom stereocenters. The average molecular weight is 942 g/mol. The number of carbonyl (C=O) groups excluding carboxylic acids is 5. The molecule has 1 aliphatic heterocycles. The molecular weight excluding hydrogens is 863 g/mol. The lowest BCUT2D eigenvalue weighted by atomic mass is 9.84. The van der Waals surface area contributed by atoms with Crippen molar-refractivity contribution in [3.63, 3.8) is 0 Å². The summed E-state index contributed by atoms with van der Waals surface area (Å²) in [6, 6.07) is 26.5. The highest BCUT2D eigenvalue weighted by Crippen LogP contribution is 2.34. The van der Waals surface area contributed by atoms with Gasteiger partial charge in [-0.15, -0.1) is 0 Å². The van der Waals surface area contributed by atoms with Gasteiger partial charge in [0.1, 0.15) is 24.9 Å². The molecule has 12 nitrogen and oxygen atoms in total. The molecule has 1 N–H and O–H groups in total. The van der Waals surface area contributed by atoms with Crippen molar-refractivity contribution < 1.29 is 52.4 Å². The maximum absolute atomic E-state index is 14.1. The fourth-order valence-electron chi connectivity index (χ4n) is 8.73. The zero-order valence-corrected chi connectivity index (χ0v) is 41.4. The van der Waals surface area contributed by atoms with Gasteiger partial charge in [0.25, 0.3) is 0 Å². The number of ether oxygens (including phenoxy) is 6. The Morgan fingerprint density at radius 1 is 0.618 bits per heavy atom. The van der Waals surface area contributed by atoms with E-state index in [9.17, 15) is 24.0 Å². The number of rotatable bonds is 32. The van der Waals surface area contributed by atoms with Gasteiger partial charge < -0.3 is 33.7 Å². The summed E-state index contributed by atoms with van der Waals surface area (Å²) in [5.41, 5.74) is 1.87. The van der Waals surface area contributed by atoms with Gasteiger partial charge in [-0.1, -0.05) is 165 Å². The normalized spacial score (nSPS) is 19.2. The van der Waals surface area contributed by atoms with Gasteiger partial charge in [0, 0.05) is 32.1 Å². The Morgan fingerprint density at radius 3 is 1.71 bits per heavy atom. The summed E-state index contributed by atoms with van der Waals surface area (Å²) in [6.07, 6.45) is 12.9. The molecule has 68 heavy (non-hydrogen) atoms. The third-order valence-electron chi connectivity index (χ3n) is 12.8. The van der Waals surface area contributed by atoms with Crippen LogP contribution < -0.4 is 5.32 Å². The number of carbonyl (C=O) groups is 5. The third kappa shape index (κ3) is 20.7. The molecule has 12 heteroatoms. The van der Waals surface area contributed by atoms with Crippen LogP contribution in [-0.2, 0) is 49.2 Å². The van der Waals surface area contributed by atoms with Crippen molar-refractivity contribution >= 4 is 29.8 Å². The molecule has 1 aliphatic rings. The summed E-state index contributed by atoms with van der Waals surface area (Å²) in [7, 11) is 0. The van der Waals surface area contributed by atoms with Gasteiger partial charge in [-0.3, -0.25) is 14.4 Å². The van der Waals surface area contributed by atoms with E-state index in [1.54, 1.807) is 54.6 Å². The highest BCUT2D eigenvalue weighted by Gasteiger charge is 2.46. The average Bonchev–Trinajstić information content (AvgIpc) is 3.34. The van der Waals surface area contributed by atoms with Crippen LogP contribution in [0.2, 0.25) is 0 Å². The number of benzene rings is 3. The minimum absolute atomic E-state index is 0.178. The van der Waals surface area contributed by atoms with E-state index in [2.05, 4.69) is 24.4 Å².